The molecular weight excluding hydrogens is 254 g/mol. The second kappa shape index (κ2) is 3.07. The molecule has 0 spiro atoms. The number of Topliss-reactive ketones (excluding diaryl/α,β-unsaturated/α-hetero) is 1. The van der Waals surface area contributed by atoms with Crippen molar-refractivity contribution in [3.05, 3.63) is 51.5 Å². The van der Waals surface area contributed by atoms with Crippen LogP contribution in [0.1, 0.15) is 15.9 Å². The van der Waals surface area contributed by atoms with E-state index in [4.69, 9.17) is 0 Å². The first-order valence-electron chi connectivity index (χ1n) is 4.76. The van der Waals surface area contributed by atoms with Crippen LogP contribution in [0.2, 0.25) is 0 Å². The molecular formula is C12H8BrNO. The molecule has 1 heterocycles. The third-order valence-electron chi connectivity index (χ3n) is 2.69. The molecule has 0 fully saturated rings. The molecule has 3 rings (SSSR count). The van der Waals surface area contributed by atoms with Gasteiger partial charge in [-0.1, -0.05) is 34.1 Å². The maximum atomic E-state index is 12.0. The SMILES string of the molecule is O=C1C2=C(NCC=C2)c2ccc(Br)cc21. The maximum Gasteiger partial charge on any atom is 0.195 e. The molecule has 0 saturated heterocycles. The Morgan fingerprint density at radius 1 is 1.27 bits per heavy atom. The molecule has 3 heteroatoms. The van der Waals surface area contributed by atoms with Crippen molar-refractivity contribution in [2.45, 2.75) is 0 Å². The van der Waals surface area contributed by atoms with Gasteiger partial charge in [-0.3, -0.25) is 4.79 Å². The fraction of sp³-hybridized carbons (Fsp3) is 0.0833. The molecule has 0 radical (unpaired) electrons. The van der Waals surface area contributed by atoms with E-state index in [1.807, 2.05) is 30.4 Å². The summed E-state index contributed by atoms with van der Waals surface area (Å²) in [6, 6.07) is 5.82. The number of hydrogen-bond donors (Lipinski definition) is 1. The van der Waals surface area contributed by atoms with Crippen molar-refractivity contribution in [2.75, 3.05) is 6.54 Å². The highest BCUT2D eigenvalue weighted by molar-refractivity contribution is 9.10. The van der Waals surface area contributed by atoms with Crippen LogP contribution in [0.4, 0.5) is 0 Å². The van der Waals surface area contributed by atoms with Crippen LogP contribution in [0.15, 0.2) is 40.4 Å². The topological polar surface area (TPSA) is 29.1 Å². The van der Waals surface area contributed by atoms with Gasteiger partial charge < -0.3 is 5.32 Å². The lowest BCUT2D eigenvalue weighted by Crippen LogP contribution is -2.15. The quantitative estimate of drug-likeness (QED) is 0.778. The van der Waals surface area contributed by atoms with Gasteiger partial charge in [0.05, 0.1) is 5.70 Å². The minimum atomic E-state index is 0.116. The summed E-state index contributed by atoms with van der Waals surface area (Å²) in [5, 5.41) is 3.24. The van der Waals surface area contributed by atoms with Gasteiger partial charge in [-0.05, 0) is 12.1 Å². The smallest absolute Gasteiger partial charge is 0.195 e. The molecule has 1 aromatic rings. The van der Waals surface area contributed by atoms with E-state index < -0.39 is 0 Å². The first-order valence-corrected chi connectivity index (χ1v) is 5.56. The van der Waals surface area contributed by atoms with Crippen LogP contribution in [-0.4, -0.2) is 12.3 Å². The van der Waals surface area contributed by atoms with Crippen LogP contribution in [-0.2, 0) is 0 Å². The standard InChI is InChI=1S/C12H8BrNO/c13-7-3-4-8-10(6-7)12(15)9-2-1-5-14-11(8)9/h1-4,6,14H,5H2. The van der Waals surface area contributed by atoms with Gasteiger partial charge in [0.15, 0.2) is 5.78 Å². The Balaban J connectivity index is 2.25. The number of rotatable bonds is 0. The molecule has 0 saturated carbocycles. The second-order valence-corrected chi connectivity index (χ2v) is 4.51. The van der Waals surface area contributed by atoms with Crippen molar-refractivity contribution < 1.29 is 4.79 Å². The van der Waals surface area contributed by atoms with Gasteiger partial charge in [-0.15, -0.1) is 0 Å². The van der Waals surface area contributed by atoms with Gasteiger partial charge in [0.2, 0.25) is 0 Å². The Morgan fingerprint density at radius 2 is 2.13 bits per heavy atom. The summed E-state index contributed by atoms with van der Waals surface area (Å²) in [5.41, 5.74) is 3.57. The van der Waals surface area contributed by atoms with Crippen molar-refractivity contribution in [3.8, 4) is 0 Å². The number of benzene rings is 1. The first kappa shape index (κ1) is 8.92. The number of halogens is 1. The van der Waals surface area contributed by atoms with E-state index in [-0.39, 0.29) is 5.78 Å². The zero-order chi connectivity index (χ0) is 10.4. The largest absolute Gasteiger partial charge is 0.380 e. The lowest BCUT2D eigenvalue weighted by atomic mass is 10.1. The molecule has 0 amide bonds. The summed E-state index contributed by atoms with van der Waals surface area (Å²) in [6.45, 7) is 0.793. The summed E-state index contributed by atoms with van der Waals surface area (Å²) >= 11 is 3.38. The lowest BCUT2D eigenvalue weighted by Gasteiger charge is -2.10. The third-order valence-corrected chi connectivity index (χ3v) is 3.18. The maximum absolute atomic E-state index is 12.0. The Kier molecular flexibility index (Phi) is 1.83. The van der Waals surface area contributed by atoms with Gasteiger partial charge in [-0.2, -0.15) is 0 Å². The number of dihydropyridines is 1. The minimum Gasteiger partial charge on any atom is -0.380 e. The number of ketones is 1. The molecule has 1 aliphatic carbocycles. The fourth-order valence-corrected chi connectivity index (χ4v) is 2.37. The molecule has 2 aliphatic rings. The molecule has 0 atom stereocenters. The Labute approximate surface area is 95.8 Å². The number of nitrogens with one attached hydrogen (secondary N) is 1. The summed E-state index contributed by atoms with van der Waals surface area (Å²) < 4.78 is 0.943. The van der Waals surface area contributed by atoms with E-state index >= 15 is 0 Å². The van der Waals surface area contributed by atoms with Gasteiger partial charge in [0, 0.05) is 27.7 Å². The number of hydrogen-bond acceptors (Lipinski definition) is 2. The fourth-order valence-electron chi connectivity index (χ4n) is 2.01. The van der Waals surface area contributed by atoms with Crippen molar-refractivity contribution in [2.24, 2.45) is 0 Å². The van der Waals surface area contributed by atoms with Crippen molar-refractivity contribution >= 4 is 27.4 Å². The number of allylic oxidation sites excluding steroid dienone is 2. The van der Waals surface area contributed by atoms with Crippen LogP contribution in [0, 0.1) is 0 Å². The molecule has 1 aromatic carbocycles. The summed E-state index contributed by atoms with van der Waals surface area (Å²) in [4.78, 5) is 12.0. The van der Waals surface area contributed by atoms with E-state index in [1.165, 1.54) is 0 Å². The average molecular weight is 262 g/mol. The summed E-state index contributed by atoms with van der Waals surface area (Å²) in [7, 11) is 0. The molecule has 15 heavy (non-hydrogen) atoms. The van der Waals surface area contributed by atoms with Crippen molar-refractivity contribution in [3.63, 3.8) is 0 Å². The van der Waals surface area contributed by atoms with Gasteiger partial charge in [0.25, 0.3) is 0 Å². The second-order valence-electron chi connectivity index (χ2n) is 3.59. The normalized spacial score (nSPS) is 17.5. The Bertz CT molecular complexity index is 528. The van der Waals surface area contributed by atoms with E-state index in [2.05, 4.69) is 21.2 Å². The zero-order valence-electron chi connectivity index (χ0n) is 7.88. The van der Waals surface area contributed by atoms with Crippen LogP contribution in [0.5, 0.6) is 0 Å². The summed E-state index contributed by atoms with van der Waals surface area (Å²) in [6.07, 6.45) is 3.87. The predicted molar refractivity (Wildman–Crippen MR) is 62.5 cm³/mol. The average Bonchev–Trinajstić information content (AvgIpc) is 2.54. The lowest BCUT2D eigenvalue weighted by molar-refractivity contribution is 0.104. The zero-order valence-corrected chi connectivity index (χ0v) is 9.47. The molecule has 0 aromatic heterocycles. The monoisotopic (exact) mass is 261 g/mol. The van der Waals surface area contributed by atoms with Crippen molar-refractivity contribution in [1.29, 1.82) is 0 Å². The van der Waals surface area contributed by atoms with E-state index in [0.717, 1.165) is 33.4 Å². The Hall–Kier alpha value is -1.35. The molecule has 0 bridgehead atoms. The van der Waals surface area contributed by atoms with Crippen LogP contribution in [0.25, 0.3) is 5.70 Å². The van der Waals surface area contributed by atoms with Gasteiger partial charge >= 0.3 is 0 Å². The highest BCUT2D eigenvalue weighted by atomic mass is 79.9. The van der Waals surface area contributed by atoms with Gasteiger partial charge in [-0.25, -0.2) is 0 Å². The Morgan fingerprint density at radius 3 is 3.00 bits per heavy atom. The molecule has 2 nitrogen and oxygen atoms in total. The number of carbonyl (C=O) groups excluding carboxylic acids is 1. The molecule has 0 unspecified atom stereocenters. The molecule has 74 valence electrons. The third kappa shape index (κ3) is 1.20. The van der Waals surface area contributed by atoms with E-state index in [9.17, 15) is 4.79 Å². The van der Waals surface area contributed by atoms with Crippen LogP contribution < -0.4 is 5.32 Å². The number of fused-ring (bicyclic) bond motifs is 2. The first-order chi connectivity index (χ1) is 7.27. The molecule has 1 aliphatic heterocycles. The highest BCUT2D eigenvalue weighted by Gasteiger charge is 2.28. The van der Waals surface area contributed by atoms with E-state index in [0.29, 0.717) is 0 Å². The number of carbonyl (C=O) groups is 1. The van der Waals surface area contributed by atoms with Crippen LogP contribution in [0.3, 0.4) is 0 Å². The van der Waals surface area contributed by atoms with Crippen molar-refractivity contribution in [1.82, 2.24) is 5.32 Å². The highest BCUT2D eigenvalue weighted by Crippen LogP contribution is 2.34. The molecule has 1 N–H and O–H groups in total. The van der Waals surface area contributed by atoms with Gasteiger partial charge in [0.1, 0.15) is 0 Å². The minimum absolute atomic E-state index is 0.116. The predicted octanol–water partition coefficient (Wildman–Crippen LogP) is 2.52. The van der Waals surface area contributed by atoms with E-state index in [1.54, 1.807) is 0 Å². The summed E-state index contributed by atoms with van der Waals surface area (Å²) in [5.74, 6) is 0.116. The van der Waals surface area contributed by atoms with Crippen LogP contribution >= 0.6 is 15.9 Å².